The number of methoxy groups -OCH3 is 1. The van der Waals surface area contributed by atoms with Gasteiger partial charge in [-0.1, -0.05) is 23.9 Å². The van der Waals surface area contributed by atoms with E-state index in [1.54, 1.807) is 18.9 Å². The van der Waals surface area contributed by atoms with E-state index in [9.17, 15) is 4.79 Å². The van der Waals surface area contributed by atoms with E-state index >= 15 is 0 Å². The molecule has 2 aromatic rings. The molecule has 0 bridgehead atoms. The highest BCUT2D eigenvalue weighted by Crippen LogP contribution is 2.26. The second-order valence-corrected chi connectivity index (χ2v) is 5.76. The summed E-state index contributed by atoms with van der Waals surface area (Å²) in [5.41, 5.74) is 1.10. The van der Waals surface area contributed by atoms with Gasteiger partial charge in [0.25, 0.3) is 0 Å². The highest BCUT2D eigenvalue weighted by Gasteiger charge is 2.19. The number of hydrogen-bond acceptors (Lipinski definition) is 5. The van der Waals surface area contributed by atoms with Gasteiger partial charge in [0.2, 0.25) is 11.9 Å². The van der Waals surface area contributed by atoms with Crippen molar-refractivity contribution in [3.8, 4) is 5.75 Å². The van der Waals surface area contributed by atoms with Crippen LogP contribution >= 0.6 is 11.8 Å². The van der Waals surface area contributed by atoms with Crippen LogP contribution in [0, 0.1) is 0 Å². The number of rotatable bonds is 5. The Balaban J connectivity index is 1.54. The first kappa shape index (κ1) is 13.9. The summed E-state index contributed by atoms with van der Waals surface area (Å²) in [6, 6.07) is 7.74. The predicted octanol–water partition coefficient (Wildman–Crippen LogP) is 1.96. The van der Waals surface area contributed by atoms with Gasteiger partial charge in [-0.05, 0) is 24.1 Å². The monoisotopic (exact) mass is 304 g/mol. The van der Waals surface area contributed by atoms with Crippen LogP contribution in [-0.4, -0.2) is 33.5 Å². The first-order valence-corrected chi connectivity index (χ1v) is 7.73. The number of aryl methyl sites for hydroxylation is 1. The second-order valence-electron chi connectivity index (χ2n) is 4.70. The molecule has 6 nitrogen and oxygen atoms in total. The van der Waals surface area contributed by atoms with Gasteiger partial charge < -0.3 is 4.74 Å². The van der Waals surface area contributed by atoms with Crippen LogP contribution in [0.15, 0.2) is 29.4 Å². The smallest absolute Gasteiger partial charge is 0.231 e. The zero-order valence-electron chi connectivity index (χ0n) is 11.7. The molecule has 110 valence electrons. The van der Waals surface area contributed by atoms with Gasteiger partial charge in [-0.25, -0.2) is 0 Å². The van der Waals surface area contributed by atoms with E-state index in [4.69, 9.17) is 4.74 Å². The lowest BCUT2D eigenvalue weighted by atomic mass is 10.1. The number of anilines is 1. The van der Waals surface area contributed by atoms with Gasteiger partial charge in [0.05, 0.1) is 7.11 Å². The molecule has 3 rings (SSSR count). The van der Waals surface area contributed by atoms with E-state index in [1.807, 2.05) is 28.8 Å². The number of nitrogens with one attached hydrogen (secondary N) is 1. The molecule has 1 aliphatic heterocycles. The van der Waals surface area contributed by atoms with Crippen LogP contribution in [0.5, 0.6) is 5.75 Å². The van der Waals surface area contributed by atoms with Crippen LogP contribution in [0.4, 0.5) is 5.95 Å². The molecule has 1 N–H and O–H groups in total. The third-order valence-corrected chi connectivity index (χ3v) is 4.26. The summed E-state index contributed by atoms with van der Waals surface area (Å²) in [4.78, 5) is 12.0. The van der Waals surface area contributed by atoms with Crippen LogP contribution in [0.25, 0.3) is 0 Å². The second kappa shape index (κ2) is 6.17. The van der Waals surface area contributed by atoms with Gasteiger partial charge in [0.1, 0.15) is 5.75 Å². The molecule has 1 aromatic heterocycles. The Morgan fingerprint density at radius 1 is 1.38 bits per heavy atom. The molecule has 1 aromatic carbocycles. The molecule has 21 heavy (non-hydrogen) atoms. The SMILES string of the molecule is COc1ccc(CCC(=O)Nc2nnc3n2CCS3)cc1. The van der Waals surface area contributed by atoms with Gasteiger partial charge in [-0.2, -0.15) is 0 Å². The molecular formula is C14H16N4O2S. The van der Waals surface area contributed by atoms with Crippen LogP contribution in [-0.2, 0) is 17.8 Å². The number of hydrogen-bond donors (Lipinski definition) is 1. The number of nitrogens with zero attached hydrogens (tertiary/aromatic N) is 3. The van der Waals surface area contributed by atoms with E-state index in [1.165, 1.54) is 0 Å². The maximum atomic E-state index is 12.0. The van der Waals surface area contributed by atoms with Crippen molar-refractivity contribution in [2.45, 2.75) is 24.5 Å². The minimum atomic E-state index is -0.0436. The molecule has 0 aliphatic carbocycles. The van der Waals surface area contributed by atoms with Crippen LogP contribution in [0.3, 0.4) is 0 Å². The van der Waals surface area contributed by atoms with E-state index in [2.05, 4.69) is 15.5 Å². The quantitative estimate of drug-likeness (QED) is 0.914. The molecule has 7 heteroatoms. The van der Waals surface area contributed by atoms with Gasteiger partial charge in [-0.3, -0.25) is 14.7 Å². The van der Waals surface area contributed by atoms with Crippen molar-refractivity contribution in [3.05, 3.63) is 29.8 Å². The topological polar surface area (TPSA) is 69.0 Å². The molecular weight excluding hydrogens is 288 g/mol. The maximum absolute atomic E-state index is 12.0. The van der Waals surface area contributed by atoms with E-state index in [0.717, 1.165) is 28.8 Å². The maximum Gasteiger partial charge on any atom is 0.231 e. The first-order valence-electron chi connectivity index (χ1n) is 6.75. The molecule has 0 saturated carbocycles. The highest BCUT2D eigenvalue weighted by molar-refractivity contribution is 7.99. The lowest BCUT2D eigenvalue weighted by Crippen LogP contribution is -2.16. The number of aromatic nitrogens is 3. The van der Waals surface area contributed by atoms with Crippen molar-refractivity contribution in [3.63, 3.8) is 0 Å². The molecule has 1 aliphatic rings. The largest absolute Gasteiger partial charge is 0.497 e. The standard InChI is InChI=1S/C14H16N4O2S/c1-20-11-5-2-10(3-6-11)4-7-12(19)15-13-16-17-14-18(13)8-9-21-14/h2-3,5-6H,4,7-9H2,1H3,(H,15,16,19). The lowest BCUT2D eigenvalue weighted by molar-refractivity contribution is -0.116. The fourth-order valence-electron chi connectivity index (χ4n) is 2.15. The average Bonchev–Trinajstić information content (AvgIpc) is 3.11. The average molecular weight is 304 g/mol. The minimum absolute atomic E-state index is 0.0436. The number of ether oxygens (including phenoxy) is 1. The van der Waals surface area contributed by atoms with Crippen molar-refractivity contribution in [1.29, 1.82) is 0 Å². The number of carbonyl (C=O) groups is 1. The van der Waals surface area contributed by atoms with Crippen LogP contribution < -0.4 is 10.1 Å². The Morgan fingerprint density at radius 2 is 2.19 bits per heavy atom. The molecule has 0 radical (unpaired) electrons. The van der Waals surface area contributed by atoms with Crippen molar-refractivity contribution in [2.24, 2.45) is 0 Å². The number of carbonyl (C=O) groups excluding carboxylic acids is 1. The summed E-state index contributed by atoms with van der Waals surface area (Å²) in [5.74, 6) is 2.31. The van der Waals surface area contributed by atoms with Crippen LogP contribution in [0.2, 0.25) is 0 Å². The minimum Gasteiger partial charge on any atom is -0.497 e. The zero-order chi connectivity index (χ0) is 14.7. The Bertz CT molecular complexity index is 639. The molecule has 0 spiro atoms. The summed E-state index contributed by atoms with van der Waals surface area (Å²) >= 11 is 1.66. The fourth-order valence-corrected chi connectivity index (χ4v) is 3.04. The number of amides is 1. The van der Waals surface area contributed by atoms with Gasteiger partial charge in [0.15, 0.2) is 5.16 Å². The number of fused-ring (bicyclic) bond motifs is 1. The third kappa shape index (κ3) is 3.18. The molecule has 2 heterocycles. The van der Waals surface area contributed by atoms with Crippen molar-refractivity contribution in [2.75, 3.05) is 18.2 Å². The van der Waals surface area contributed by atoms with Crippen LogP contribution in [0.1, 0.15) is 12.0 Å². The van der Waals surface area contributed by atoms with Crippen molar-refractivity contribution >= 4 is 23.6 Å². The molecule has 1 amide bonds. The van der Waals surface area contributed by atoms with Gasteiger partial charge in [-0.15, -0.1) is 10.2 Å². The van der Waals surface area contributed by atoms with Gasteiger partial charge in [0, 0.05) is 18.7 Å². The Kier molecular flexibility index (Phi) is 4.10. The lowest BCUT2D eigenvalue weighted by Gasteiger charge is -2.06. The molecule has 0 atom stereocenters. The highest BCUT2D eigenvalue weighted by atomic mass is 32.2. The van der Waals surface area contributed by atoms with Gasteiger partial charge >= 0.3 is 0 Å². The van der Waals surface area contributed by atoms with E-state index in [0.29, 0.717) is 18.8 Å². The fraction of sp³-hybridized carbons (Fsp3) is 0.357. The van der Waals surface area contributed by atoms with Crippen molar-refractivity contribution in [1.82, 2.24) is 14.8 Å². The van der Waals surface area contributed by atoms with Crippen molar-refractivity contribution < 1.29 is 9.53 Å². The first-order chi connectivity index (χ1) is 10.3. The predicted molar refractivity (Wildman–Crippen MR) is 80.7 cm³/mol. The molecule has 0 saturated heterocycles. The third-order valence-electron chi connectivity index (χ3n) is 3.31. The normalized spacial score (nSPS) is 13.0. The Morgan fingerprint density at radius 3 is 2.95 bits per heavy atom. The zero-order valence-corrected chi connectivity index (χ0v) is 12.5. The summed E-state index contributed by atoms with van der Waals surface area (Å²) in [6.45, 7) is 0.848. The van der Waals surface area contributed by atoms with E-state index in [-0.39, 0.29) is 5.91 Å². The number of benzene rings is 1. The number of thioether (sulfide) groups is 1. The Hall–Kier alpha value is -2.02. The summed E-state index contributed by atoms with van der Waals surface area (Å²) < 4.78 is 7.05. The summed E-state index contributed by atoms with van der Waals surface area (Å²) in [5, 5.41) is 11.7. The summed E-state index contributed by atoms with van der Waals surface area (Å²) in [7, 11) is 1.64. The molecule has 0 unspecified atom stereocenters. The Labute approximate surface area is 126 Å². The summed E-state index contributed by atoms with van der Waals surface area (Å²) in [6.07, 6.45) is 1.10. The van der Waals surface area contributed by atoms with E-state index < -0.39 is 0 Å². The molecule has 0 fully saturated rings.